The molecule has 2 rings (SSSR count). The van der Waals surface area contributed by atoms with Crippen LogP contribution in [0.5, 0.6) is 5.75 Å². The van der Waals surface area contributed by atoms with Crippen molar-refractivity contribution in [1.82, 2.24) is 0 Å². The average Bonchev–Trinajstić information content (AvgIpc) is 2.37. The molecule has 0 unspecified atom stereocenters. The van der Waals surface area contributed by atoms with Crippen LogP contribution in [-0.2, 0) is 0 Å². The summed E-state index contributed by atoms with van der Waals surface area (Å²) in [5.41, 5.74) is 0.638. The summed E-state index contributed by atoms with van der Waals surface area (Å²) in [6, 6.07) is 6.42. The molecule has 0 spiro atoms. The van der Waals surface area contributed by atoms with Crippen molar-refractivity contribution in [2.75, 3.05) is 0 Å². The molecular formula is C13H6Cl3F3O. The zero-order valence-corrected chi connectivity index (χ0v) is 11.9. The zero-order valence-electron chi connectivity index (χ0n) is 9.64. The largest absolute Gasteiger partial charge is 0.432 e. The van der Waals surface area contributed by atoms with Crippen molar-refractivity contribution in [1.29, 1.82) is 0 Å². The first-order chi connectivity index (χ1) is 9.40. The molecule has 0 aromatic heterocycles. The van der Waals surface area contributed by atoms with E-state index in [0.717, 1.165) is 12.1 Å². The van der Waals surface area contributed by atoms with Crippen LogP contribution in [0.25, 0.3) is 11.1 Å². The SMILES string of the molecule is Fc1ccc(-c2c(Cl)ccc(Cl)c2Cl)cc1OC(F)F. The first-order valence-corrected chi connectivity index (χ1v) is 6.41. The van der Waals surface area contributed by atoms with E-state index in [9.17, 15) is 13.2 Å². The van der Waals surface area contributed by atoms with Crippen LogP contribution < -0.4 is 4.74 Å². The molecule has 2 aromatic rings. The monoisotopic (exact) mass is 340 g/mol. The van der Waals surface area contributed by atoms with Crippen LogP contribution in [0, 0.1) is 5.82 Å². The summed E-state index contributed by atoms with van der Waals surface area (Å²) in [7, 11) is 0. The van der Waals surface area contributed by atoms with E-state index in [-0.39, 0.29) is 15.1 Å². The minimum Gasteiger partial charge on any atom is -0.432 e. The molecule has 20 heavy (non-hydrogen) atoms. The van der Waals surface area contributed by atoms with Gasteiger partial charge in [-0.1, -0.05) is 40.9 Å². The van der Waals surface area contributed by atoms with Crippen LogP contribution in [0.2, 0.25) is 15.1 Å². The third kappa shape index (κ3) is 3.14. The summed E-state index contributed by atoms with van der Waals surface area (Å²) < 4.78 is 41.9. The average molecular weight is 342 g/mol. The highest BCUT2D eigenvalue weighted by atomic mass is 35.5. The number of alkyl halides is 2. The Labute approximate surface area is 127 Å². The first-order valence-electron chi connectivity index (χ1n) is 5.28. The Bertz CT molecular complexity index is 647. The Morgan fingerprint density at radius 1 is 0.950 bits per heavy atom. The molecule has 2 aromatic carbocycles. The van der Waals surface area contributed by atoms with Crippen molar-refractivity contribution in [3.8, 4) is 16.9 Å². The number of ether oxygens (including phenoxy) is 1. The lowest BCUT2D eigenvalue weighted by molar-refractivity contribution is -0.0521. The molecule has 0 aliphatic heterocycles. The number of benzene rings is 2. The van der Waals surface area contributed by atoms with Crippen molar-refractivity contribution >= 4 is 34.8 Å². The van der Waals surface area contributed by atoms with Gasteiger partial charge in [0.2, 0.25) is 0 Å². The van der Waals surface area contributed by atoms with E-state index >= 15 is 0 Å². The lowest BCUT2D eigenvalue weighted by Gasteiger charge is -2.11. The molecule has 0 aliphatic carbocycles. The molecule has 0 atom stereocenters. The Morgan fingerprint density at radius 3 is 2.25 bits per heavy atom. The van der Waals surface area contributed by atoms with E-state index in [1.54, 1.807) is 0 Å². The normalized spacial score (nSPS) is 10.9. The fourth-order valence-corrected chi connectivity index (χ4v) is 2.38. The summed E-state index contributed by atoms with van der Waals surface area (Å²) in [5, 5.41) is 0.648. The van der Waals surface area contributed by atoms with E-state index in [1.165, 1.54) is 18.2 Å². The van der Waals surface area contributed by atoms with Gasteiger partial charge in [-0.2, -0.15) is 8.78 Å². The minimum absolute atomic E-state index is 0.147. The summed E-state index contributed by atoms with van der Waals surface area (Å²) in [5.74, 6) is -1.51. The molecule has 0 saturated heterocycles. The zero-order chi connectivity index (χ0) is 14.9. The molecule has 0 fully saturated rings. The second kappa shape index (κ2) is 6.12. The van der Waals surface area contributed by atoms with Gasteiger partial charge in [-0.05, 0) is 29.8 Å². The van der Waals surface area contributed by atoms with Gasteiger partial charge in [0.15, 0.2) is 11.6 Å². The molecular weight excluding hydrogens is 335 g/mol. The molecule has 0 aliphatic rings. The number of rotatable bonds is 3. The van der Waals surface area contributed by atoms with Gasteiger partial charge in [-0.3, -0.25) is 0 Å². The van der Waals surface area contributed by atoms with Gasteiger partial charge in [0.05, 0.1) is 10.0 Å². The van der Waals surface area contributed by atoms with Gasteiger partial charge in [0.25, 0.3) is 0 Å². The Kier molecular flexibility index (Phi) is 4.68. The van der Waals surface area contributed by atoms with Gasteiger partial charge in [-0.25, -0.2) is 4.39 Å². The topological polar surface area (TPSA) is 9.23 Å². The van der Waals surface area contributed by atoms with E-state index in [1.807, 2.05) is 0 Å². The molecule has 0 amide bonds. The Balaban J connectivity index is 2.57. The predicted octanol–water partition coefficient (Wildman–Crippen LogP) is 6.05. The molecule has 0 heterocycles. The van der Waals surface area contributed by atoms with E-state index < -0.39 is 18.2 Å². The van der Waals surface area contributed by atoms with Crippen LogP contribution in [-0.4, -0.2) is 6.61 Å². The van der Waals surface area contributed by atoms with Gasteiger partial charge in [0, 0.05) is 10.6 Å². The van der Waals surface area contributed by atoms with Crippen LogP contribution in [0.15, 0.2) is 30.3 Å². The van der Waals surface area contributed by atoms with E-state index in [2.05, 4.69) is 4.74 Å². The maximum Gasteiger partial charge on any atom is 0.387 e. The summed E-state index contributed by atoms with van der Waals surface area (Å²) >= 11 is 17.9. The van der Waals surface area contributed by atoms with Crippen LogP contribution in [0.3, 0.4) is 0 Å². The van der Waals surface area contributed by atoms with Crippen molar-refractivity contribution in [3.05, 3.63) is 51.2 Å². The number of hydrogen-bond donors (Lipinski definition) is 0. The molecule has 0 N–H and O–H groups in total. The fraction of sp³-hybridized carbons (Fsp3) is 0.0769. The standard InChI is InChI=1S/C13H6Cl3F3O/c14-7-2-3-8(15)12(16)11(7)6-1-4-9(17)10(5-6)20-13(18)19/h1-5,13H. The second-order valence-corrected chi connectivity index (χ2v) is 4.93. The maximum atomic E-state index is 13.4. The highest BCUT2D eigenvalue weighted by Gasteiger charge is 2.16. The van der Waals surface area contributed by atoms with Crippen molar-refractivity contribution in [3.63, 3.8) is 0 Å². The summed E-state index contributed by atoms with van der Waals surface area (Å²) in [4.78, 5) is 0. The van der Waals surface area contributed by atoms with Gasteiger partial charge in [-0.15, -0.1) is 0 Å². The van der Waals surface area contributed by atoms with Crippen LogP contribution >= 0.6 is 34.8 Å². The number of halogens is 6. The molecule has 0 bridgehead atoms. The molecule has 106 valence electrons. The second-order valence-electron chi connectivity index (χ2n) is 3.74. The Morgan fingerprint density at radius 2 is 1.60 bits per heavy atom. The molecule has 0 radical (unpaired) electrons. The smallest absolute Gasteiger partial charge is 0.387 e. The van der Waals surface area contributed by atoms with E-state index in [4.69, 9.17) is 34.8 Å². The third-order valence-electron chi connectivity index (χ3n) is 2.48. The Hall–Kier alpha value is -1.10. The molecule has 0 saturated carbocycles. The van der Waals surface area contributed by atoms with Gasteiger partial charge in [0.1, 0.15) is 0 Å². The summed E-state index contributed by atoms with van der Waals surface area (Å²) in [6.07, 6.45) is 0. The van der Waals surface area contributed by atoms with Crippen molar-refractivity contribution < 1.29 is 17.9 Å². The maximum absolute atomic E-state index is 13.4. The van der Waals surface area contributed by atoms with Crippen LogP contribution in [0.4, 0.5) is 13.2 Å². The highest BCUT2D eigenvalue weighted by molar-refractivity contribution is 6.46. The first kappa shape index (κ1) is 15.3. The van der Waals surface area contributed by atoms with Gasteiger partial charge >= 0.3 is 6.61 Å². The van der Waals surface area contributed by atoms with Crippen molar-refractivity contribution in [2.45, 2.75) is 6.61 Å². The number of hydrogen-bond acceptors (Lipinski definition) is 1. The molecule has 1 nitrogen and oxygen atoms in total. The predicted molar refractivity (Wildman–Crippen MR) is 73.5 cm³/mol. The molecule has 7 heteroatoms. The summed E-state index contributed by atoms with van der Waals surface area (Å²) in [6.45, 7) is -3.13. The quantitative estimate of drug-likeness (QED) is 0.617. The minimum atomic E-state index is -3.13. The van der Waals surface area contributed by atoms with Gasteiger partial charge < -0.3 is 4.74 Å². The third-order valence-corrected chi connectivity index (χ3v) is 3.60. The van der Waals surface area contributed by atoms with E-state index in [0.29, 0.717) is 11.1 Å². The van der Waals surface area contributed by atoms with Crippen LogP contribution in [0.1, 0.15) is 0 Å². The highest BCUT2D eigenvalue weighted by Crippen LogP contribution is 2.40. The lowest BCUT2D eigenvalue weighted by Crippen LogP contribution is -2.03. The lowest BCUT2D eigenvalue weighted by atomic mass is 10.1. The van der Waals surface area contributed by atoms with Crippen molar-refractivity contribution in [2.24, 2.45) is 0 Å². The fourth-order valence-electron chi connectivity index (χ4n) is 1.64.